The molecule has 0 saturated carbocycles. The van der Waals surface area contributed by atoms with Crippen LogP contribution in [0.3, 0.4) is 0 Å². The molecule has 1 heterocycles. The number of aryl methyl sites for hydroxylation is 1. The maximum atomic E-state index is 5.31. The van der Waals surface area contributed by atoms with Crippen molar-refractivity contribution in [2.24, 2.45) is 4.99 Å². The molecule has 16 heavy (non-hydrogen) atoms. The van der Waals surface area contributed by atoms with Crippen LogP contribution in [0.25, 0.3) is 0 Å². The molecule has 3 heteroatoms. The van der Waals surface area contributed by atoms with Gasteiger partial charge in [0, 0.05) is 6.07 Å². The Bertz CT molecular complexity index is 483. The maximum Gasteiger partial charge on any atom is 0.284 e. The van der Waals surface area contributed by atoms with Crippen LogP contribution in [0.15, 0.2) is 45.8 Å². The second kappa shape index (κ2) is 4.66. The van der Waals surface area contributed by atoms with Crippen LogP contribution in [-0.4, -0.2) is 13.3 Å². The zero-order valence-electron chi connectivity index (χ0n) is 9.31. The summed E-state index contributed by atoms with van der Waals surface area (Å²) in [5, 5.41) is 0. The molecular formula is C13H13NO2. The molecule has 2 aromatic rings. The number of ether oxygens (including phenoxy) is 1. The molecule has 82 valence electrons. The second-order valence-corrected chi connectivity index (χ2v) is 3.45. The topological polar surface area (TPSA) is 34.7 Å². The van der Waals surface area contributed by atoms with Crippen LogP contribution in [-0.2, 0) is 0 Å². The molecule has 0 saturated heterocycles. The molecule has 0 unspecified atom stereocenters. The summed E-state index contributed by atoms with van der Waals surface area (Å²) >= 11 is 0. The van der Waals surface area contributed by atoms with Gasteiger partial charge < -0.3 is 9.15 Å². The monoisotopic (exact) mass is 215 g/mol. The van der Waals surface area contributed by atoms with E-state index in [-0.39, 0.29) is 0 Å². The van der Waals surface area contributed by atoms with Crippen LogP contribution in [0.1, 0.15) is 11.3 Å². The van der Waals surface area contributed by atoms with Crippen molar-refractivity contribution in [3.63, 3.8) is 0 Å². The number of benzene rings is 1. The maximum absolute atomic E-state index is 5.31. The lowest BCUT2D eigenvalue weighted by atomic mass is 10.2. The lowest BCUT2D eigenvalue weighted by Gasteiger charge is -1.93. The second-order valence-electron chi connectivity index (χ2n) is 3.45. The zero-order chi connectivity index (χ0) is 11.4. The molecule has 1 aromatic heterocycles. The van der Waals surface area contributed by atoms with Crippen molar-refractivity contribution < 1.29 is 9.15 Å². The van der Waals surface area contributed by atoms with Crippen LogP contribution in [0.4, 0.5) is 5.69 Å². The van der Waals surface area contributed by atoms with Gasteiger partial charge in [-0.2, -0.15) is 0 Å². The van der Waals surface area contributed by atoms with Gasteiger partial charge in [-0.1, -0.05) is 17.7 Å². The molecule has 0 atom stereocenters. The van der Waals surface area contributed by atoms with Crippen molar-refractivity contribution in [2.45, 2.75) is 6.92 Å². The minimum absolute atomic E-state index is 0.491. The Balaban J connectivity index is 2.11. The summed E-state index contributed by atoms with van der Waals surface area (Å²) in [5.41, 5.74) is 2.12. The molecule has 0 fully saturated rings. The molecule has 0 N–H and O–H groups in total. The lowest BCUT2D eigenvalue weighted by molar-refractivity contribution is 0.304. The summed E-state index contributed by atoms with van der Waals surface area (Å²) in [6, 6.07) is 11.6. The quantitative estimate of drug-likeness (QED) is 0.736. The van der Waals surface area contributed by atoms with Gasteiger partial charge in [-0.3, -0.25) is 4.99 Å². The van der Waals surface area contributed by atoms with E-state index in [2.05, 4.69) is 4.99 Å². The molecule has 0 aliphatic rings. The predicted molar refractivity (Wildman–Crippen MR) is 63.7 cm³/mol. The molecule has 0 amide bonds. The third-order valence-corrected chi connectivity index (χ3v) is 2.18. The van der Waals surface area contributed by atoms with Gasteiger partial charge in [0.25, 0.3) is 5.95 Å². The summed E-state index contributed by atoms with van der Waals surface area (Å²) in [6.07, 6.45) is 1.67. The van der Waals surface area contributed by atoms with Gasteiger partial charge in [-0.25, -0.2) is 0 Å². The smallest absolute Gasteiger partial charge is 0.284 e. The van der Waals surface area contributed by atoms with Gasteiger partial charge in [0.05, 0.1) is 19.0 Å². The van der Waals surface area contributed by atoms with Crippen LogP contribution >= 0.6 is 0 Å². The van der Waals surface area contributed by atoms with E-state index in [1.807, 2.05) is 37.3 Å². The fourth-order valence-electron chi connectivity index (χ4n) is 1.28. The van der Waals surface area contributed by atoms with E-state index in [1.54, 1.807) is 19.4 Å². The van der Waals surface area contributed by atoms with Crippen LogP contribution in [0.5, 0.6) is 5.95 Å². The molecule has 1 aromatic carbocycles. The Morgan fingerprint density at radius 3 is 2.50 bits per heavy atom. The molecule has 0 radical (unpaired) electrons. The van der Waals surface area contributed by atoms with E-state index in [0.29, 0.717) is 11.7 Å². The van der Waals surface area contributed by atoms with Gasteiger partial charge in [-0.05, 0) is 25.1 Å². The third kappa shape index (κ3) is 2.51. The van der Waals surface area contributed by atoms with Crippen LogP contribution in [0, 0.1) is 6.92 Å². The number of furan rings is 1. The third-order valence-electron chi connectivity index (χ3n) is 2.18. The number of hydrogen-bond acceptors (Lipinski definition) is 3. The summed E-state index contributed by atoms with van der Waals surface area (Å²) in [7, 11) is 1.57. The minimum Gasteiger partial charge on any atom is -0.468 e. The van der Waals surface area contributed by atoms with E-state index in [4.69, 9.17) is 9.15 Å². The van der Waals surface area contributed by atoms with Gasteiger partial charge in [0.1, 0.15) is 5.76 Å². The molecule has 0 bridgehead atoms. The highest BCUT2D eigenvalue weighted by atomic mass is 16.6. The fourth-order valence-corrected chi connectivity index (χ4v) is 1.28. The summed E-state index contributed by atoms with van der Waals surface area (Å²) in [5.74, 6) is 1.17. The van der Waals surface area contributed by atoms with E-state index >= 15 is 0 Å². The first-order chi connectivity index (χ1) is 7.78. The average molecular weight is 215 g/mol. The van der Waals surface area contributed by atoms with Crippen LogP contribution in [0.2, 0.25) is 0 Å². The number of nitrogens with zero attached hydrogens (tertiary/aromatic N) is 1. The highest BCUT2D eigenvalue weighted by Crippen LogP contribution is 2.16. The van der Waals surface area contributed by atoms with Crippen molar-refractivity contribution in [3.05, 3.63) is 47.7 Å². The Labute approximate surface area is 94.4 Å². The number of aliphatic imine (C=N–C) groups is 1. The minimum atomic E-state index is 0.491. The fraction of sp³-hybridized carbons (Fsp3) is 0.154. The lowest BCUT2D eigenvalue weighted by Crippen LogP contribution is -1.77. The molecular weight excluding hydrogens is 202 g/mol. The van der Waals surface area contributed by atoms with Crippen molar-refractivity contribution >= 4 is 11.9 Å². The van der Waals surface area contributed by atoms with E-state index in [0.717, 1.165) is 5.69 Å². The summed E-state index contributed by atoms with van der Waals surface area (Å²) in [4.78, 5) is 4.29. The molecule has 0 aliphatic carbocycles. The van der Waals surface area contributed by atoms with E-state index in [9.17, 15) is 0 Å². The Morgan fingerprint density at radius 1 is 1.12 bits per heavy atom. The van der Waals surface area contributed by atoms with Crippen molar-refractivity contribution in [2.75, 3.05) is 7.11 Å². The van der Waals surface area contributed by atoms with E-state index < -0.39 is 0 Å². The first kappa shape index (κ1) is 10.5. The van der Waals surface area contributed by atoms with Crippen molar-refractivity contribution in [3.8, 4) is 5.95 Å². The van der Waals surface area contributed by atoms with Gasteiger partial charge >= 0.3 is 0 Å². The first-order valence-electron chi connectivity index (χ1n) is 5.02. The number of rotatable bonds is 3. The van der Waals surface area contributed by atoms with E-state index in [1.165, 1.54) is 5.56 Å². The highest BCUT2D eigenvalue weighted by molar-refractivity contribution is 5.78. The Morgan fingerprint density at radius 2 is 1.88 bits per heavy atom. The Hall–Kier alpha value is -2.03. The standard InChI is InChI=1S/C13H13NO2/c1-10-3-5-11(6-4-10)14-9-12-7-8-13(15-2)16-12/h3-9H,1-2H3. The van der Waals surface area contributed by atoms with Crippen LogP contribution < -0.4 is 4.74 Å². The largest absolute Gasteiger partial charge is 0.468 e. The number of hydrogen-bond donors (Lipinski definition) is 0. The van der Waals surface area contributed by atoms with Crippen molar-refractivity contribution in [1.29, 1.82) is 0 Å². The first-order valence-corrected chi connectivity index (χ1v) is 5.02. The number of methoxy groups -OCH3 is 1. The predicted octanol–water partition coefficient (Wildman–Crippen LogP) is 3.35. The van der Waals surface area contributed by atoms with Gasteiger partial charge in [0.2, 0.25) is 0 Å². The summed E-state index contributed by atoms with van der Waals surface area (Å²) in [6.45, 7) is 2.05. The molecule has 0 spiro atoms. The SMILES string of the molecule is COc1ccc(C=Nc2ccc(C)cc2)o1. The normalized spacial score (nSPS) is 10.9. The summed E-state index contributed by atoms with van der Waals surface area (Å²) < 4.78 is 10.2. The van der Waals surface area contributed by atoms with Gasteiger partial charge in [0.15, 0.2) is 0 Å². The molecule has 3 nitrogen and oxygen atoms in total. The zero-order valence-corrected chi connectivity index (χ0v) is 9.31. The molecule has 2 rings (SSSR count). The van der Waals surface area contributed by atoms with Gasteiger partial charge in [-0.15, -0.1) is 0 Å². The Kier molecular flexibility index (Phi) is 3.05. The average Bonchev–Trinajstić information content (AvgIpc) is 2.76. The highest BCUT2D eigenvalue weighted by Gasteiger charge is 1.97. The van der Waals surface area contributed by atoms with Crippen molar-refractivity contribution in [1.82, 2.24) is 0 Å². The molecule has 0 aliphatic heterocycles.